The number of amides is 1. The summed E-state index contributed by atoms with van der Waals surface area (Å²) in [6.45, 7) is 5.68. The summed E-state index contributed by atoms with van der Waals surface area (Å²) in [6, 6.07) is 9.31. The summed E-state index contributed by atoms with van der Waals surface area (Å²) >= 11 is 0. The van der Waals surface area contributed by atoms with Crippen LogP contribution in [0.2, 0.25) is 0 Å². The molecule has 0 radical (unpaired) electrons. The molecule has 1 aliphatic heterocycles. The highest BCUT2D eigenvalue weighted by Gasteiger charge is 2.28. The molecule has 27 heavy (non-hydrogen) atoms. The Hall–Kier alpha value is -2.67. The fourth-order valence-corrected chi connectivity index (χ4v) is 3.34. The molecular weight excluding hydrogens is 342 g/mol. The first-order valence-electron chi connectivity index (χ1n) is 9.36. The van der Waals surface area contributed by atoms with E-state index in [0.717, 1.165) is 30.8 Å². The first-order valence-corrected chi connectivity index (χ1v) is 9.36. The molecule has 7 nitrogen and oxygen atoms in total. The molecule has 7 heteroatoms. The third kappa shape index (κ3) is 5.17. The van der Waals surface area contributed by atoms with Crippen LogP contribution in [0.15, 0.2) is 36.5 Å². The predicted molar refractivity (Wildman–Crippen MR) is 106 cm³/mol. The number of carbonyl (C=O) groups excluding carboxylic acids is 1. The maximum atomic E-state index is 11.3. The van der Waals surface area contributed by atoms with E-state index in [1.807, 2.05) is 18.2 Å². The van der Waals surface area contributed by atoms with Crippen LogP contribution < -0.4 is 16.4 Å². The molecule has 144 valence electrons. The predicted octanol–water partition coefficient (Wildman–Crippen LogP) is 2.80. The van der Waals surface area contributed by atoms with Crippen LogP contribution in [0.1, 0.15) is 42.6 Å². The lowest BCUT2D eigenvalue weighted by Gasteiger charge is -2.35. The van der Waals surface area contributed by atoms with Crippen molar-refractivity contribution in [3.63, 3.8) is 0 Å². The van der Waals surface area contributed by atoms with Crippen molar-refractivity contribution in [1.82, 2.24) is 9.97 Å². The van der Waals surface area contributed by atoms with E-state index in [-0.39, 0.29) is 12.1 Å². The minimum atomic E-state index is -0.436. The summed E-state index contributed by atoms with van der Waals surface area (Å²) < 4.78 is 5.93. The number of carbonyl (C=O) groups is 1. The number of rotatable bonds is 7. The lowest BCUT2D eigenvalue weighted by molar-refractivity contribution is -0.0203. The van der Waals surface area contributed by atoms with Crippen LogP contribution >= 0.6 is 0 Å². The van der Waals surface area contributed by atoms with E-state index in [1.165, 1.54) is 0 Å². The minimum absolute atomic E-state index is 0.182. The number of nitrogens with two attached hydrogens (primary N) is 1. The van der Waals surface area contributed by atoms with Gasteiger partial charge in [-0.15, -0.1) is 0 Å². The van der Waals surface area contributed by atoms with Gasteiger partial charge in [0.05, 0.1) is 12.1 Å². The van der Waals surface area contributed by atoms with E-state index in [4.69, 9.17) is 10.5 Å². The van der Waals surface area contributed by atoms with Crippen LogP contribution in [0.5, 0.6) is 0 Å². The van der Waals surface area contributed by atoms with Gasteiger partial charge in [0.2, 0.25) is 11.9 Å². The molecule has 1 aliphatic rings. The van der Waals surface area contributed by atoms with E-state index in [0.29, 0.717) is 24.0 Å². The third-order valence-corrected chi connectivity index (χ3v) is 4.67. The van der Waals surface area contributed by atoms with Gasteiger partial charge >= 0.3 is 0 Å². The van der Waals surface area contributed by atoms with Crippen molar-refractivity contribution in [3.05, 3.63) is 47.7 Å². The molecule has 1 fully saturated rings. The third-order valence-electron chi connectivity index (χ3n) is 4.67. The average Bonchev–Trinajstić information content (AvgIpc) is 2.67. The van der Waals surface area contributed by atoms with Crippen molar-refractivity contribution in [3.8, 4) is 0 Å². The molecule has 0 spiro atoms. The number of aromatic nitrogens is 2. The van der Waals surface area contributed by atoms with Gasteiger partial charge in [-0.1, -0.05) is 26.0 Å². The normalized spacial score (nSPS) is 19.7. The Morgan fingerprint density at radius 2 is 2.22 bits per heavy atom. The number of nitrogens with zero attached hydrogens (tertiary/aromatic N) is 2. The van der Waals surface area contributed by atoms with Crippen LogP contribution in [0.4, 0.5) is 11.8 Å². The summed E-state index contributed by atoms with van der Waals surface area (Å²) in [5, 5.41) is 6.69. The maximum absolute atomic E-state index is 11.3. The molecule has 2 aromatic rings. The molecule has 2 heterocycles. The van der Waals surface area contributed by atoms with Gasteiger partial charge in [-0.2, -0.15) is 4.98 Å². The number of benzene rings is 1. The quantitative estimate of drug-likeness (QED) is 0.694. The van der Waals surface area contributed by atoms with E-state index >= 15 is 0 Å². The number of anilines is 2. The van der Waals surface area contributed by atoms with Gasteiger partial charge < -0.3 is 21.1 Å². The molecule has 4 N–H and O–H groups in total. The molecule has 0 saturated carbocycles. The van der Waals surface area contributed by atoms with Crippen molar-refractivity contribution in [2.45, 2.75) is 45.4 Å². The van der Waals surface area contributed by atoms with Gasteiger partial charge in [0.25, 0.3) is 0 Å². The zero-order valence-corrected chi connectivity index (χ0v) is 15.8. The van der Waals surface area contributed by atoms with E-state index in [2.05, 4.69) is 34.4 Å². The maximum Gasteiger partial charge on any atom is 0.248 e. The van der Waals surface area contributed by atoms with Gasteiger partial charge in [-0.3, -0.25) is 4.79 Å². The van der Waals surface area contributed by atoms with E-state index in [1.54, 1.807) is 18.3 Å². The van der Waals surface area contributed by atoms with Crippen LogP contribution in [-0.2, 0) is 11.3 Å². The zero-order chi connectivity index (χ0) is 19.2. The first-order chi connectivity index (χ1) is 13.0. The lowest BCUT2D eigenvalue weighted by Crippen LogP contribution is -2.43. The van der Waals surface area contributed by atoms with E-state index in [9.17, 15) is 4.79 Å². The Kier molecular flexibility index (Phi) is 6.24. The average molecular weight is 369 g/mol. The lowest BCUT2D eigenvalue weighted by atomic mass is 9.94. The fourth-order valence-electron chi connectivity index (χ4n) is 3.34. The SMILES string of the molecule is CC(C)[C@@H]1OCCC[C@@H]1Nc1ccnc(NCc2cccc(C(N)=O)c2)n1. The Labute approximate surface area is 159 Å². The topological polar surface area (TPSA) is 102 Å². The summed E-state index contributed by atoms with van der Waals surface area (Å²) in [5.74, 6) is 1.32. The first kappa shape index (κ1) is 19.1. The summed E-state index contributed by atoms with van der Waals surface area (Å²) in [7, 11) is 0. The molecule has 1 saturated heterocycles. The van der Waals surface area contributed by atoms with Crippen molar-refractivity contribution in [2.24, 2.45) is 11.7 Å². The van der Waals surface area contributed by atoms with Gasteiger partial charge in [-0.05, 0) is 42.5 Å². The molecule has 1 aromatic carbocycles. The highest BCUT2D eigenvalue weighted by molar-refractivity contribution is 5.92. The van der Waals surface area contributed by atoms with Crippen molar-refractivity contribution >= 4 is 17.7 Å². The molecule has 3 rings (SSSR count). The van der Waals surface area contributed by atoms with Crippen molar-refractivity contribution < 1.29 is 9.53 Å². The smallest absolute Gasteiger partial charge is 0.248 e. The highest BCUT2D eigenvalue weighted by atomic mass is 16.5. The van der Waals surface area contributed by atoms with Crippen molar-refractivity contribution in [1.29, 1.82) is 0 Å². The zero-order valence-electron chi connectivity index (χ0n) is 15.8. The van der Waals surface area contributed by atoms with Crippen LogP contribution in [-0.4, -0.2) is 34.6 Å². The summed E-state index contributed by atoms with van der Waals surface area (Å²) in [4.78, 5) is 20.1. The van der Waals surface area contributed by atoms with Gasteiger partial charge in [0.1, 0.15) is 5.82 Å². The number of primary amides is 1. The van der Waals surface area contributed by atoms with Crippen molar-refractivity contribution in [2.75, 3.05) is 17.2 Å². The second-order valence-corrected chi connectivity index (χ2v) is 7.16. The van der Waals surface area contributed by atoms with Gasteiger partial charge in [0.15, 0.2) is 0 Å². The highest BCUT2D eigenvalue weighted by Crippen LogP contribution is 2.23. The number of hydrogen-bond donors (Lipinski definition) is 3. The number of hydrogen-bond acceptors (Lipinski definition) is 6. The summed E-state index contributed by atoms with van der Waals surface area (Å²) in [6.07, 6.45) is 4.02. The van der Waals surface area contributed by atoms with Crippen LogP contribution in [0.25, 0.3) is 0 Å². The Bertz CT molecular complexity index is 780. The second-order valence-electron chi connectivity index (χ2n) is 7.16. The number of nitrogens with one attached hydrogen (secondary N) is 2. The molecule has 2 atom stereocenters. The molecule has 1 aromatic heterocycles. The second kappa shape index (κ2) is 8.81. The minimum Gasteiger partial charge on any atom is -0.376 e. The monoisotopic (exact) mass is 369 g/mol. The van der Waals surface area contributed by atoms with Gasteiger partial charge in [0, 0.05) is 24.9 Å². The Morgan fingerprint density at radius 1 is 1.37 bits per heavy atom. The summed E-state index contributed by atoms with van der Waals surface area (Å²) in [5.41, 5.74) is 6.76. The molecular formula is C20H27N5O2. The molecule has 0 unspecified atom stereocenters. The number of ether oxygens (including phenoxy) is 1. The fraction of sp³-hybridized carbons (Fsp3) is 0.450. The Balaban J connectivity index is 1.63. The molecule has 1 amide bonds. The van der Waals surface area contributed by atoms with E-state index < -0.39 is 5.91 Å². The molecule has 0 aliphatic carbocycles. The van der Waals surface area contributed by atoms with Crippen LogP contribution in [0.3, 0.4) is 0 Å². The van der Waals surface area contributed by atoms with Crippen LogP contribution in [0, 0.1) is 5.92 Å². The largest absolute Gasteiger partial charge is 0.376 e. The standard InChI is InChI=1S/C20H27N5O2/c1-13(2)18-16(7-4-10-27-18)24-17-8-9-22-20(25-17)23-12-14-5-3-6-15(11-14)19(21)26/h3,5-6,8-9,11,13,16,18H,4,7,10,12H2,1-2H3,(H2,21,26)(H2,22,23,24,25)/t16-,18-/m0/s1. The molecule has 0 bridgehead atoms. The Morgan fingerprint density at radius 3 is 3.00 bits per heavy atom. The van der Waals surface area contributed by atoms with Gasteiger partial charge in [-0.25, -0.2) is 4.98 Å².